The number of rotatable bonds is 24. The first-order chi connectivity index (χ1) is 42.3. The summed E-state index contributed by atoms with van der Waals surface area (Å²) in [6.07, 6.45) is -3.15. The number of aliphatic hydroxyl groups is 2. The van der Waals surface area contributed by atoms with Crippen LogP contribution in [0.2, 0.25) is 5.02 Å². The van der Waals surface area contributed by atoms with Crippen molar-refractivity contribution in [2.24, 2.45) is 34.6 Å². The Morgan fingerprint density at radius 2 is 1.17 bits per heavy atom. The number of benzene rings is 2. The molecule has 0 radical (unpaired) electrons. The van der Waals surface area contributed by atoms with Gasteiger partial charge < -0.3 is 97.4 Å². The molecule has 30 nitrogen and oxygen atoms in total. The van der Waals surface area contributed by atoms with E-state index in [1.165, 1.54) is 25.3 Å². The lowest BCUT2D eigenvalue weighted by Crippen LogP contribution is -2.63. The van der Waals surface area contributed by atoms with Crippen molar-refractivity contribution in [3.8, 4) is 11.3 Å². The fraction of sp³-hybridized carbons (Fsp3) is 0.517. The molecule has 23 N–H and O–H groups in total. The Labute approximate surface area is 520 Å². The van der Waals surface area contributed by atoms with Crippen LogP contribution >= 0.6 is 11.6 Å². The van der Waals surface area contributed by atoms with Gasteiger partial charge in [0.05, 0.1) is 17.9 Å². The number of carbonyl (C=O) groups is 11. The second kappa shape index (κ2) is 36.9. The van der Waals surface area contributed by atoms with Crippen LogP contribution in [0.4, 0.5) is 0 Å². The van der Waals surface area contributed by atoms with Gasteiger partial charge in [0.1, 0.15) is 60.4 Å². The molecule has 31 heteroatoms. The van der Waals surface area contributed by atoms with Gasteiger partial charge in [0, 0.05) is 41.9 Å². The molecule has 1 fully saturated rings. The van der Waals surface area contributed by atoms with Crippen LogP contribution in [0.1, 0.15) is 82.1 Å². The maximum Gasteiger partial charge on any atom is 0.252 e. The smallest absolute Gasteiger partial charge is 0.252 e. The van der Waals surface area contributed by atoms with E-state index in [1.54, 1.807) is 68.4 Å². The third-order valence-corrected chi connectivity index (χ3v) is 14.3. The SMILES string of the molecule is CC(C)C[C@@H]1NC(=O)[C@@H](Cc2ccccc2)NC(=O)[C@H](CCN)NC(=O)[C@@H](NC(=O)[C@H](CN)NC(=O)[C@@H](NC(=O)[C@H](CCN)NC(=O)c2ccnc(-c3cccc(Cl)c3)c2)[C@@H](C)O)CCNC(=O)[C@H]([C@@H](C)O)NC(=O)[C@H](CCN)NC(=O)[C@H](CCN)NC1=O. The lowest BCUT2D eigenvalue weighted by molar-refractivity contribution is -0.136. The minimum absolute atomic E-state index is 0.0336. The molecule has 0 saturated carbocycles. The molecule has 1 saturated heterocycles. The number of hydrogen-bond acceptors (Lipinski definition) is 19. The Morgan fingerprint density at radius 3 is 1.72 bits per heavy atom. The topological polar surface area (TPSA) is 504 Å². The van der Waals surface area contributed by atoms with E-state index < -0.39 is 157 Å². The molecular weight excluding hydrogens is 1180 g/mol. The molecule has 1 aliphatic heterocycles. The van der Waals surface area contributed by atoms with E-state index in [9.17, 15) is 63.0 Å². The molecule has 2 aromatic carbocycles. The van der Waals surface area contributed by atoms with Gasteiger partial charge in [-0.2, -0.15) is 0 Å². The van der Waals surface area contributed by atoms with Gasteiger partial charge in [0.2, 0.25) is 59.1 Å². The highest BCUT2D eigenvalue weighted by Crippen LogP contribution is 2.22. The molecule has 4 rings (SSSR count). The highest BCUT2D eigenvalue weighted by atomic mass is 35.5. The first-order valence-electron chi connectivity index (χ1n) is 29.3. The van der Waals surface area contributed by atoms with E-state index in [4.69, 9.17) is 40.3 Å². The van der Waals surface area contributed by atoms with Gasteiger partial charge in [-0.25, -0.2) is 0 Å². The quantitative estimate of drug-likeness (QED) is 0.0399. The number of hydrogen-bond donors (Lipinski definition) is 18. The number of carbonyl (C=O) groups excluding carboxylic acids is 11. The van der Waals surface area contributed by atoms with Crippen LogP contribution in [0, 0.1) is 5.92 Å². The summed E-state index contributed by atoms with van der Waals surface area (Å²) >= 11 is 6.16. The summed E-state index contributed by atoms with van der Waals surface area (Å²) in [6.45, 7) is 4.14. The second-order valence-corrected chi connectivity index (χ2v) is 22.2. The van der Waals surface area contributed by atoms with E-state index in [0.29, 0.717) is 21.8 Å². The summed E-state index contributed by atoms with van der Waals surface area (Å²) in [5.41, 5.74) is 31.2. The van der Waals surface area contributed by atoms with Crippen LogP contribution in [-0.2, 0) is 54.4 Å². The normalized spacial score (nSPS) is 21.9. The third-order valence-electron chi connectivity index (χ3n) is 14.1. The minimum atomic E-state index is -1.79. The first kappa shape index (κ1) is 73.2. The van der Waals surface area contributed by atoms with Crippen molar-refractivity contribution in [2.45, 2.75) is 145 Å². The zero-order valence-electron chi connectivity index (χ0n) is 50.2. The average molecular weight is 1260 g/mol. The number of nitrogens with zero attached hydrogens (tertiary/aromatic N) is 1. The van der Waals surface area contributed by atoms with E-state index in [1.807, 2.05) is 0 Å². The summed E-state index contributed by atoms with van der Waals surface area (Å²) in [5, 5.41) is 49.8. The molecule has 3 aromatic rings. The molecule has 89 heavy (non-hydrogen) atoms. The number of nitrogens with two attached hydrogens (primary N) is 5. The molecule has 12 atom stereocenters. The van der Waals surface area contributed by atoms with Crippen molar-refractivity contribution in [3.05, 3.63) is 89.1 Å². The zero-order valence-corrected chi connectivity index (χ0v) is 51.0. The van der Waals surface area contributed by atoms with Crippen molar-refractivity contribution in [2.75, 3.05) is 39.3 Å². The van der Waals surface area contributed by atoms with Gasteiger partial charge in [0.25, 0.3) is 5.91 Å². The fourth-order valence-electron chi connectivity index (χ4n) is 9.29. The summed E-state index contributed by atoms with van der Waals surface area (Å²) in [4.78, 5) is 159. The van der Waals surface area contributed by atoms with Gasteiger partial charge in [0.15, 0.2) is 0 Å². The van der Waals surface area contributed by atoms with Gasteiger partial charge in [-0.05, 0) is 114 Å². The number of pyridine rings is 1. The maximum absolute atomic E-state index is 14.5. The lowest BCUT2D eigenvalue weighted by atomic mass is 10.00. The third kappa shape index (κ3) is 23.3. The van der Waals surface area contributed by atoms with E-state index in [2.05, 4.69) is 63.5 Å². The Hall–Kier alpha value is -8.23. The summed E-state index contributed by atoms with van der Waals surface area (Å²) in [5.74, 6) is -10.7. The Balaban J connectivity index is 1.68. The van der Waals surface area contributed by atoms with Crippen LogP contribution in [0.25, 0.3) is 11.3 Å². The van der Waals surface area contributed by atoms with Crippen LogP contribution in [0.5, 0.6) is 0 Å². The molecule has 0 aliphatic carbocycles. The zero-order chi connectivity index (χ0) is 65.9. The number of aliphatic hydroxyl groups excluding tert-OH is 2. The van der Waals surface area contributed by atoms with Gasteiger partial charge in [-0.1, -0.05) is 67.9 Å². The maximum atomic E-state index is 14.5. The van der Waals surface area contributed by atoms with Crippen LogP contribution in [-0.4, -0.2) is 192 Å². The van der Waals surface area contributed by atoms with E-state index in [0.717, 1.165) is 6.92 Å². The standard InChI is InChI=1S/C58H86ClN17O13/c1-30(2)25-43-54(85)70-37(13-19-60)49(80)69-40(16-22-63)53(84)75-46(31(3)77)57(88)66-24-18-41(51(82)68-38(14-20-61)50(81)73-44(55(86)72-43)26-33-9-6-5-7-10-33)71-56(87)45(29-64)74-58(89)47(32(4)78)76-52(83)39(15-21-62)67-48(79)35-17-23-65-42(28-35)34-11-8-12-36(59)27-34/h5-12,17,23,27-28,30-32,37-41,43-47,77-78H,13-16,18-22,24-26,29,60-64H2,1-4H3,(H,66,88)(H,67,79)(H,68,82)(H,69,80)(H,70,85)(H,71,87)(H,72,86)(H,73,81)(H,74,89)(H,75,84)(H,76,83)/t31-,32-,37+,38+,39+,40+,41+,43+,44-,45+,46+,47+/m1/s1. The first-order valence-corrected chi connectivity index (χ1v) is 29.7. The van der Waals surface area contributed by atoms with Crippen molar-refractivity contribution < 1.29 is 63.0 Å². The van der Waals surface area contributed by atoms with Crippen LogP contribution < -0.4 is 87.2 Å². The van der Waals surface area contributed by atoms with Gasteiger partial charge in [-0.3, -0.25) is 57.7 Å². The molecule has 0 spiro atoms. The number of aromatic nitrogens is 1. The lowest BCUT2D eigenvalue weighted by Gasteiger charge is -2.28. The van der Waals surface area contributed by atoms with Crippen molar-refractivity contribution in [1.29, 1.82) is 0 Å². The summed E-state index contributed by atoms with van der Waals surface area (Å²) < 4.78 is 0. The molecule has 0 bridgehead atoms. The highest BCUT2D eigenvalue weighted by Gasteiger charge is 2.38. The minimum Gasteiger partial charge on any atom is -0.391 e. The fourth-order valence-corrected chi connectivity index (χ4v) is 9.48. The molecule has 1 aliphatic rings. The summed E-state index contributed by atoms with van der Waals surface area (Å²) in [6, 6.07) is 2.77. The van der Waals surface area contributed by atoms with E-state index in [-0.39, 0.29) is 76.2 Å². The predicted molar refractivity (Wildman–Crippen MR) is 328 cm³/mol. The van der Waals surface area contributed by atoms with E-state index >= 15 is 0 Å². The number of halogens is 1. The molecular formula is C58H86ClN17O13. The van der Waals surface area contributed by atoms with Crippen molar-refractivity contribution in [3.63, 3.8) is 0 Å². The number of nitrogens with one attached hydrogen (secondary N) is 11. The molecule has 488 valence electrons. The van der Waals surface area contributed by atoms with Gasteiger partial charge >= 0.3 is 0 Å². The van der Waals surface area contributed by atoms with Crippen LogP contribution in [0.3, 0.4) is 0 Å². The monoisotopic (exact) mass is 1260 g/mol. The Bertz CT molecular complexity index is 2910. The molecule has 1 aromatic heterocycles. The second-order valence-electron chi connectivity index (χ2n) is 21.8. The molecule has 11 amide bonds. The van der Waals surface area contributed by atoms with Gasteiger partial charge in [-0.15, -0.1) is 0 Å². The molecule has 0 unspecified atom stereocenters. The van der Waals surface area contributed by atoms with Crippen molar-refractivity contribution in [1.82, 2.24) is 63.5 Å². The molecule has 2 heterocycles. The Kier molecular flexibility index (Phi) is 30.4. The van der Waals surface area contributed by atoms with Crippen molar-refractivity contribution >= 4 is 76.6 Å². The Morgan fingerprint density at radius 1 is 0.607 bits per heavy atom. The average Bonchev–Trinajstić information content (AvgIpc) is 3.36. The van der Waals surface area contributed by atoms with Crippen LogP contribution in [0.15, 0.2) is 72.9 Å². The largest absolute Gasteiger partial charge is 0.391 e. The number of amides is 11. The highest BCUT2D eigenvalue weighted by molar-refractivity contribution is 6.30. The summed E-state index contributed by atoms with van der Waals surface area (Å²) in [7, 11) is 0. The predicted octanol–water partition coefficient (Wildman–Crippen LogP) is -5.21.